The molecular formula is C26H32N2O4. The average Bonchev–Trinajstić information content (AvgIpc) is 3.18. The number of piperidine rings is 1. The molecule has 0 N–H and O–H groups in total. The van der Waals surface area contributed by atoms with Gasteiger partial charge in [-0.1, -0.05) is 18.2 Å². The van der Waals surface area contributed by atoms with Crippen LogP contribution >= 0.6 is 0 Å². The molecule has 32 heavy (non-hydrogen) atoms. The Morgan fingerprint density at radius 3 is 2.62 bits per heavy atom. The lowest BCUT2D eigenvalue weighted by atomic mass is 9.98. The Morgan fingerprint density at radius 2 is 1.84 bits per heavy atom. The van der Waals surface area contributed by atoms with Crippen molar-refractivity contribution in [1.29, 1.82) is 0 Å². The van der Waals surface area contributed by atoms with Gasteiger partial charge >= 0.3 is 0 Å². The number of para-hydroxylation sites is 1. The van der Waals surface area contributed by atoms with E-state index in [1.807, 2.05) is 43.3 Å². The topological polar surface area (TPSA) is 57.0 Å². The molecule has 2 heterocycles. The molecule has 1 atom stereocenters. The van der Waals surface area contributed by atoms with E-state index in [4.69, 9.17) is 23.6 Å². The highest BCUT2D eigenvalue weighted by Gasteiger charge is 2.23. The van der Waals surface area contributed by atoms with Crippen LogP contribution in [-0.2, 0) is 6.54 Å². The first-order valence-electron chi connectivity index (χ1n) is 11.2. The maximum absolute atomic E-state index is 6.12. The van der Waals surface area contributed by atoms with Gasteiger partial charge < -0.3 is 18.6 Å². The van der Waals surface area contributed by atoms with Gasteiger partial charge in [-0.3, -0.25) is 4.90 Å². The van der Waals surface area contributed by atoms with Crippen molar-refractivity contribution in [3.05, 3.63) is 59.5 Å². The lowest BCUT2D eigenvalue weighted by molar-refractivity contribution is 0.123. The minimum Gasteiger partial charge on any atom is -0.493 e. The van der Waals surface area contributed by atoms with Crippen molar-refractivity contribution in [3.8, 4) is 28.7 Å². The third-order valence-corrected chi connectivity index (χ3v) is 6.07. The Bertz CT molecular complexity index is 1050. The average molecular weight is 437 g/mol. The molecule has 4 rings (SSSR count). The highest BCUT2D eigenvalue weighted by molar-refractivity contribution is 5.60. The molecule has 170 valence electrons. The number of oxazole rings is 1. The number of methoxy groups -OCH3 is 2. The van der Waals surface area contributed by atoms with E-state index in [1.165, 1.54) is 18.4 Å². The van der Waals surface area contributed by atoms with Gasteiger partial charge in [0.1, 0.15) is 11.5 Å². The summed E-state index contributed by atoms with van der Waals surface area (Å²) in [6.45, 7) is 7.67. The fourth-order valence-electron chi connectivity index (χ4n) is 4.24. The first kappa shape index (κ1) is 22.2. The van der Waals surface area contributed by atoms with Crippen LogP contribution in [0.25, 0.3) is 11.5 Å². The van der Waals surface area contributed by atoms with Gasteiger partial charge in [0.05, 0.1) is 26.5 Å². The van der Waals surface area contributed by atoms with Crippen LogP contribution in [-0.4, -0.2) is 43.8 Å². The number of aromatic nitrogens is 1. The van der Waals surface area contributed by atoms with Crippen LogP contribution in [0.15, 0.2) is 46.9 Å². The van der Waals surface area contributed by atoms with Crippen LogP contribution in [0.2, 0.25) is 0 Å². The quantitative estimate of drug-likeness (QED) is 0.480. The zero-order valence-corrected chi connectivity index (χ0v) is 19.4. The van der Waals surface area contributed by atoms with Crippen LogP contribution in [0.3, 0.4) is 0 Å². The Labute approximate surface area is 190 Å². The first-order chi connectivity index (χ1) is 15.6. The SMILES string of the molecule is COc1ccc(-c2nc(CN3CCCC(COc4ccccc4C)C3)c(C)o2)cc1OC. The molecule has 0 bridgehead atoms. The molecule has 1 saturated heterocycles. The van der Waals surface area contributed by atoms with Gasteiger partial charge in [0.15, 0.2) is 11.5 Å². The van der Waals surface area contributed by atoms with Crippen LogP contribution in [0, 0.1) is 19.8 Å². The highest BCUT2D eigenvalue weighted by atomic mass is 16.5. The number of rotatable bonds is 8. The van der Waals surface area contributed by atoms with Crippen molar-refractivity contribution in [1.82, 2.24) is 9.88 Å². The van der Waals surface area contributed by atoms with E-state index in [0.717, 1.165) is 49.0 Å². The summed E-state index contributed by atoms with van der Waals surface area (Å²) in [5.74, 6) is 4.31. The molecule has 0 aliphatic carbocycles. The monoisotopic (exact) mass is 436 g/mol. The second-order valence-electron chi connectivity index (χ2n) is 8.41. The van der Waals surface area contributed by atoms with E-state index in [1.54, 1.807) is 14.2 Å². The largest absolute Gasteiger partial charge is 0.493 e. The predicted molar refractivity (Wildman–Crippen MR) is 124 cm³/mol. The van der Waals surface area contributed by atoms with E-state index in [2.05, 4.69) is 17.9 Å². The molecule has 0 spiro atoms. The van der Waals surface area contributed by atoms with Gasteiger partial charge in [-0.05, 0) is 63.1 Å². The van der Waals surface area contributed by atoms with E-state index in [0.29, 0.717) is 23.3 Å². The molecule has 0 amide bonds. The van der Waals surface area contributed by atoms with Gasteiger partial charge in [-0.25, -0.2) is 4.98 Å². The number of aryl methyl sites for hydroxylation is 2. The summed E-state index contributed by atoms with van der Waals surface area (Å²) in [7, 11) is 3.26. The molecule has 1 aliphatic heterocycles. The molecule has 6 nitrogen and oxygen atoms in total. The van der Waals surface area contributed by atoms with Crippen LogP contribution in [0.5, 0.6) is 17.2 Å². The van der Waals surface area contributed by atoms with Gasteiger partial charge in [0.2, 0.25) is 5.89 Å². The number of ether oxygens (including phenoxy) is 3. The summed E-state index contributed by atoms with van der Waals surface area (Å²) in [5.41, 5.74) is 3.04. The minimum atomic E-state index is 0.515. The number of nitrogens with zero attached hydrogens (tertiary/aromatic N) is 2. The van der Waals surface area contributed by atoms with Crippen molar-refractivity contribution in [2.24, 2.45) is 5.92 Å². The standard InChI is InChI=1S/C26H32N2O4/c1-18-8-5-6-10-23(18)31-17-20-9-7-13-28(15-20)16-22-19(2)32-26(27-22)21-11-12-24(29-3)25(14-21)30-4/h5-6,8,10-12,14,20H,7,9,13,15-17H2,1-4H3. The number of benzene rings is 2. The Balaban J connectivity index is 1.40. The molecule has 1 aliphatic rings. The first-order valence-corrected chi connectivity index (χ1v) is 11.2. The van der Waals surface area contributed by atoms with Crippen LogP contribution in [0.4, 0.5) is 0 Å². The molecule has 1 unspecified atom stereocenters. The van der Waals surface area contributed by atoms with E-state index < -0.39 is 0 Å². The van der Waals surface area contributed by atoms with Crippen LogP contribution in [0.1, 0.15) is 29.9 Å². The van der Waals surface area contributed by atoms with Crippen molar-refractivity contribution < 1.29 is 18.6 Å². The minimum absolute atomic E-state index is 0.515. The molecule has 1 aromatic heterocycles. The van der Waals surface area contributed by atoms with E-state index >= 15 is 0 Å². The van der Waals surface area contributed by atoms with Crippen LogP contribution < -0.4 is 14.2 Å². The normalized spacial score (nSPS) is 16.7. The van der Waals surface area contributed by atoms with Crippen molar-refractivity contribution in [2.75, 3.05) is 33.9 Å². The summed E-state index contributed by atoms with van der Waals surface area (Å²) in [6.07, 6.45) is 2.36. The van der Waals surface area contributed by atoms with Gasteiger partial charge in [0.25, 0.3) is 0 Å². The Kier molecular flexibility index (Phi) is 7.00. The molecule has 0 saturated carbocycles. The summed E-state index contributed by atoms with van der Waals surface area (Å²) in [5, 5.41) is 0. The number of hydrogen-bond donors (Lipinski definition) is 0. The summed E-state index contributed by atoms with van der Waals surface area (Å²) in [4.78, 5) is 7.26. The third kappa shape index (κ3) is 5.07. The van der Waals surface area contributed by atoms with Gasteiger partial charge in [-0.2, -0.15) is 0 Å². The van der Waals surface area contributed by atoms with Crippen molar-refractivity contribution in [2.45, 2.75) is 33.2 Å². The molecule has 6 heteroatoms. The Hall–Kier alpha value is -2.99. The second kappa shape index (κ2) is 10.1. The molecule has 0 radical (unpaired) electrons. The van der Waals surface area contributed by atoms with Gasteiger partial charge in [0, 0.05) is 24.6 Å². The molecule has 2 aromatic carbocycles. The molecule has 1 fully saturated rings. The number of hydrogen-bond acceptors (Lipinski definition) is 6. The fraction of sp³-hybridized carbons (Fsp3) is 0.423. The zero-order chi connectivity index (χ0) is 22.5. The maximum atomic E-state index is 6.12. The maximum Gasteiger partial charge on any atom is 0.226 e. The molecular weight excluding hydrogens is 404 g/mol. The zero-order valence-electron chi connectivity index (χ0n) is 19.4. The third-order valence-electron chi connectivity index (χ3n) is 6.07. The lowest BCUT2D eigenvalue weighted by Crippen LogP contribution is -2.37. The van der Waals surface area contributed by atoms with Gasteiger partial charge in [-0.15, -0.1) is 0 Å². The smallest absolute Gasteiger partial charge is 0.226 e. The van der Waals surface area contributed by atoms with E-state index in [9.17, 15) is 0 Å². The second-order valence-corrected chi connectivity index (χ2v) is 8.41. The summed E-state index contributed by atoms with van der Waals surface area (Å²) in [6, 6.07) is 13.9. The van der Waals surface area contributed by atoms with Crippen molar-refractivity contribution >= 4 is 0 Å². The highest BCUT2D eigenvalue weighted by Crippen LogP contribution is 2.33. The van der Waals surface area contributed by atoms with E-state index in [-0.39, 0.29) is 0 Å². The lowest BCUT2D eigenvalue weighted by Gasteiger charge is -2.32. The molecule has 3 aromatic rings. The predicted octanol–water partition coefficient (Wildman–Crippen LogP) is 5.27. The summed E-state index contributed by atoms with van der Waals surface area (Å²) >= 11 is 0. The summed E-state index contributed by atoms with van der Waals surface area (Å²) < 4.78 is 22.9. The Morgan fingerprint density at radius 1 is 1.03 bits per heavy atom. The van der Waals surface area contributed by atoms with Crippen molar-refractivity contribution in [3.63, 3.8) is 0 Å². The fourth-order valence-corrected chi connectivity index (χ4v) is 4.24. The number of likely N-dealkylation sites (tertiary alicyclic amines) is 1.